The van der Waals surface area contributed by atoms with Crippen molar-refractivity contribution in [2.75, 3.05) is 12.5 Å². The second-order valence-electron chi connectivity index (χ2n) is 4.51. The van der Waals surface area contributed by atoms with Gasteiger partial charge in [0.2, 0.25) is 0 Å². The number of aromatic carboxylic acids is 1. The van der Waals surface area contributed by atoms with Crippen LogP contribution in [0.4, 0.5) is 5.69 Å². The Morgan fingerprint density at radius 3 is 2.64 bits per heavy atom. The third-order valence-corrected chi connectivity index (χ3v) is 3.38. The van der Waals surface area contributed by atoms with Crippen LogP contribution >= 0.6 is 11.6 Å². The summed E-state index contributed by atoms with van der Waals surface area (Å²) >= 11 is 5.83. The van der Waals surface area contributed by atoms with Crippen LogP contribution in [0.15, 0.2) is 47.6 Å². The van der Waals surface area contributed by atoms with Crippen molar-refractivity contribution in [3.05, 3.63) is 58.6 Å². The minimum atomic E-state index is -1.08. The summed E-state index contributed by atoms with van der Waals surface area (Å²) in [5.74, 6) is -0.369. The molecule has 2 aromatic carbocycles. The Balaban J connectivity index is 2.24. The largest absolute Gasteiger partial charge is 0.496 e. The van der Waals surface area contributed by atoms with E-state index in [9.17, 15) is 4.79 Å². The smallest absolute Gasteiger partial charge is 0.337 e. The molecule has 0 atom stereocenters. The molecule has 0 fully saturated rings. The maximum atomic E-state index is 11.1. The van der Waals surface area contributed by atoms with Crippen LogP contribution in [0.1, 0.15) is 22.8 Å². The standard InChI is InChI=1S/C16H15ClN2O3/c1-10(12-5-3-4-6-15(12)22-2)18-19-11-7-8-14(17)13(9-11)16(20)21/h3-9,19H,1-2H3,(H,20,21)/b18-10+. The molecule has 2 aromatic rings. The van der Waals surface area contributed by atoms with E-state index in [1.807, 2.05) is 31.2 Å². The number of carbonyl (C=O) groups is 1. The third-order valence-electron chi connectivity index (χ3n) is 3.05. The fourth-order valence-electron chi connectivity index (χ4n) is 1.91. The van der Waals surface area contributed by atoms with Gasteiger partial charge in [-0.05, 0) is 37.3 Å². The van der Waals surface area contributed by atoms with Crippen LogP contribution in [0.5, 0.6) is 5.75 Å². The predicted molar refractivity (Wildman–Crippen MR) is 87.2 cm³/mol. The number of benzene rings is 2. The first-order chi connectivity index (χ1) is 10.5. The molecule has 0 saturated heterocycles. The molecule has 0 bridgehead atoms. The molecule has 0 amide bonds. The van der Waals surface area contributed by atoms with E-state index in [2.05, 4.69) is 10.5 Å². The van der Waals surface area contributed by atoms with E-state index in [-0.39, 0.29) is 10.6 Å². The summed E-state index contributed by atoms with van der Waals surface area (Å²) in [5.41, 5.74) is 4.95. The Morgan fingerprint density at radius 2 is 1.95 bits per heavy atom. The number of para-hydroxylation sites is 1. The van der Waals surface area contributed by atoms with Crippen molar-refractivity contribution in [3.63, 3.8) is 0 Å². The summed E-state index contributed by atoms with van der Waals surface area (Å²) in [6.07, 6.45) is 0. The highest BCUT2D eigenvalue weighted by Crippen LogP contribution is 2.21. The Kier molecular flexibility index (Phi) is 5.01. The number of hydrogen-bond acceptors (Lipinski definition) is 4. The zero-order chi connectivity index (χ0) is 16.1. The van der Waals surface area contributed by atoms with Crippen LogP contribution in [0.25, 0.3) is 0 Å². The van der Waals surface area contributed by atoms with Crippen molar-refractivity contribution >= 4 is 29.0 Å². The molecular formula is C16H15ClN2O3. The first kappa shape index (κ1) is 15.9. The Morgan fingerprint density at radius 1 is 1.23 bits per heavy atom. The van der Waals surface area contributed by atoms with E-state index >= 15 is 0 Å². The van der Waals surface area contributed by atoms with Crippen LogP contribution in [0, 0.1) is 0 Å². The van der Waals surface area contributed by atoms with Gasteiger partial charge in [0.1, 0.15) is 5.75 Å². The molecule has 0 aliphatic rings. The topological polar surface area (TPSA) is 70.9 Å². The number of hydrazone groups is 1. The van der Waals surface area contributed by atoms with E-state index in [0.717, 1.165) is 5.56 Å². The number of rotatable bonds is 5. The summed E-state index contributed by atoms with van der Waals surface area (Å²) in [4.78, 5) is 11.1. The van der Waals surface area contributed by atoms with E-state index in [1.165, 1.54) is 12.1 Å². The van der Waals surface area contributed by atoms with Crippen LogP contribution in [0.2, 0.25) is 5.02 Å². The lowest BCUT2D eigenvalue weighted by molar-refractivity contribution is 0.0697. The van der Waals surface area contributed by atoms with Crippen LogP contribution in [0.3, 0.4) is 0 Å². The van der Waals surface area contributed by atoms with Gasteiger partial charge in [0.15, 0.2) is 0 Å². The minimum Gasteiger partial charge on any atom is -0.496 e. The molecule has 6 heteroatoms. The average Bonchev–Trinajstić information content (AvgIpc) is 2.53. The van der Waals surface area contributed by atoms with E-state index in [4.69, 9.17) is 21.4 Å². The number of halogens is 1. The first-order valence-corrected chi connectivity index (χ1v) is 6.87. The number of ether oxygens (including phenoxy) is 1. The van der Waals surface area contributed by atoms with Crippen LogP contribution in [-0.4, -0.2) is 23.9 Å². The number of carboxylic acid groups (broad SMARTS) is 1. The molecule has 5 nitrogen and oxygen atoms in total. The van der Waals surface area contributed by atoms with Crippen molar-refractivity contribution in [1.82, 2.24) is 0 Å². The van der Waals surface area contributed by atoms with Gasteiger partial charge in [-0.2, -0.15) is 5.10 Å². The number of nitrogens with one attached hydrogen (secondary N) is 1. The molecule has 0 aliphatic carbocycles. The fraction of sp³-hybridized carbons (Fsp3) is 0.125. The SMILES string of the molecule is COc1ccccc1/C(C)=N/Nc1ccc(Cl)c(C(=O)O)c1. The van der Waals surface area contributed by atoms with Gasteiger partial charge in [0, 0.05) is 5.56 Å². The molecular weight excluding hydrogens is 304 g/mol. The van der Waals surface area contributed by atoms with Gasteiger partial charge < -0.3 is 9.84 Å². The highest BCUT2D eigenvalue weighted by molar-refractivity contribution is 6.33. The molecule has 22 heavy (non-hydrogen) atoms. The van der Waals surface area contributed by atoms with Crippen LogP contribution in [-0.2, 0) is 0 Å². The summed E-state index contributed by atoms with van der Waals surface area (Å²) < 4.78 is 5.28. The monoisotopic (exact) mass is 318 g/mol. The molecule has 0 saturated carbocycles. The zero-order valence-electron chi connectivity index (χ0n) is 12.1. The summed E-state index contributed by atoms with van der Waals surface area (Å²) in [5, 5.41) is 13.5. The Bertz CT molecular complexity index is 729. The lowest BCUT2D eigenvalue weighted by Gasteiger charge is -2.09. The number of carboxylic acids is 1. The lowest BCUT2D eigenvalue weighted by Crippen LogP contribution is -2.03. The number of hydrogen-bond donors (Lipinski definition) is 2. The molecule has 2 N–H and O–H groups in total. The van der Waals surface area contributed by atoms with Crippen molar-refractivity contribution in [2.45, 2.75) is 6.92 Å². The molecule has 0 aromatic heterocycles. The van der Waals surface area contributed by atoms with Gasteiger partial charge in [-0.25, -0.2) is 4.79 Å². The lowest BCUT2D eigenvalue weighted by atomic mass is 10.1. The second-order valence-corrected chi connectivity index (χ2v) is 4.92. The number of anilines is 1. The molecule has 0 unspecified atom stereocenters. The molecule has 0 heterocycles. The predicted octanol–water partition coefficient (Wildman–Crippen LogP) is 3.88. The third kappa shape index (κ3) is 3.56. The van der Waals surface area contributed by atoms with Gasteiger partial charge >= 0.3 is 5.97 Å². The quantitative estimate of drug-likeness (QED) is 0.648. The molecule has 0 spiro atoms. The maximum absolute atomic E-state index is 11.1. The highest BCUT2D eigenvalue weighted by atomic mass is 35.5. The second kappa shape index (κ2) is 6.95. The molecule has 0 aliphatic heterocycles. The van der Waals surface area contributed by atoms with Gasteiger partial charge in [0.25, 0.3) is 0 Å². The molecule has 114 valence electrons. The Labute approximate surface area is 133 Å². The van der Waals surface area contributed by atoms with E-state index in [0.29, 0.717) is 17.1 Å². The van der Waals surface area contributed by atoms with Gasteiger partial charge in [0.05, 0.1) is 29.1 Å². The normalized spacial score (nSPS) is 11.1. The fourth-order valence-corrected chi connectivity index (χ4v) is 2.11. The van der Waals surface area contributed by atoms with E-state index in [1.54, 1.807) is 13.2 Å². The first-order valence-electron chi connectivity index (χ1n) is 6.49. The van der Waals surface area contributed by atoms with Gasteiger partial charge in [-0.1, -0.05) is 23.7 Å². The van der Waals surface area contributed by atoms with E-state index < -0.39 is 5.97 Å². The summed E-state index contributed by atoms with van der Waals surface area (Å²) in [6.45, 7) is 1.83. The van der Waals surface area contributed by atoms with Crippen molar-refractivity contribution in [3.8, 4) is 5.75 Å². The van der Waals surface area contributed by atoms with Gasteiger partial charge in [-0.15, -0.1) is 0 Å². The number of nitrogens with zero attached hydrogens (tertiary/aromatic N) is 1. The molecule has 2 rings (SSSR count). The van der Waals surface area contributed by atoms with Crippen molar-refractivity contribution in [2.24, 2.45) is 5.10 Å². The highest BCUT2D eigenvalue weighted by Gasteiger charge is 2.09. The zero-order valence-corrected chi connectivity index (χ0v) is 12.9. The van der Waals surface area contributed by atoms with Gasteiger partial charge in [-0.3, -0.25) is 5.43 Å². The van der Waals surface area contributed by atoms with Crippen LogP contribution < -0.4 is 10.2 Å². The molecule has 0 radical (unpaired) electrons. The van der Waals surface area contributed by atoms with Crippen molar-refractivity contribution in [1.29, 1.82) is 0 Å². The summed E-state index contributed by atoms with van der Waals surface area (Å²) in [7, 11) is 1.60. The number of methoxy groups -OCH3 is 1. The maximum Gasteiger partial charge on any atom is 0.337 e. The summed E-state index contributed by atoms with van der Waals surface area (Å²) in [6, 6.07) is 12.1. The Hall–Kier alpha value is -2.53. The minimum absolute atomic E-state index is 0.0248. The average molecular weight is 319 g/mol. The van der Waals surface area contributed by atoms with Crippen molar-refractivity contribution < 1.29 is 14.6 Å².